The highest BCUT2D eigenvalue weighted by Crippen LogP contribution is 2.32. The van der Waals surface area contributed by atoms with E-state index in [1.54, 1.807) is 11.3 Å². The van der Waals surface area contributed by atoms with Crippen LogP contribution >= 0.6 is 11.3 Å². The Kier molecular flexibility index (Phi) is 4.75. The largest absolute Gasteiger partial charge is 0.281 e. The monoisotopic (exact) mass is 278 g/mol. The summed E-state index contributed by atoms with van der Waals surface area (Å²) in [4.78, 5) is 14.3. The molecule has 19 heavy (non-hydrogen) atoms. The summed E-state index contributed by atoms with van der Waals surface area (Å²) in [5, 5.41) is 4.18. The summed E-state index contributed by atoms with van der Waals surface area (Å²) in [5.41, 5.74) is 5.08. The Balaban J connectivity index is 2.06. The van der Waals surface area contributed by atoms with Crippen molar-refractivity contribution in [3.63, 3.8) is 0 Å². The van der Waals surface area contributed by atoms with Crippen LogP contribution in [0.5, 0.6) is 0 Å². The number of hydrogen-bond donors (Lipinski definition) is 1. The van der Waals surface area contributed by atoms with Crippen LogP contribution in [-0.2, 0) is 12.8 Å². The number of nitrogens with zero attached hydrogens (tertiary/aromatic N) is 1. The van der Waals surface area contributed by atoms with Crippen molar-refractivity contribution in [1.82, 2.24) is 5.43 Å². The van der Waals surface area contributed by atoms with E-state index in [-0.39, 0.29) is 5.91 Å². The highest BCUT2D eigenvalue weighted by atomic mass is 32.1. The fraction of sp³-hybridized carbons (Fsp3) is 0.600. The van der Waals surface area contributed by atoms with Gasteiger partial charge in [-0.3, -0.25) is 4.79 Å². The summed E-state index contributed by atoms with van der Waals surface area (Å²) < 4.78 is 0. The molecule has 1 N–H and O–H groups in total. The van der Waals surface area contributed by atoms with Crippen LogP contribution in [0.1, 0.15) is 60.1 Å². The van der Waals surface area contributed by atoms with Gasteiger partial charge in [-0.1, -0.05) is 20.8 Å². The summed E-state index contributed by atoms with van der Waals surface area (Å²) in [7, 11) is 0. The molecule has 1 heterocycles. The predicted octanol–water partition coefficient (Wildman–Crippen LogP) is 3.78. The van der Waals surface area contributed by atoms with E-state index < -0.39 is 0 Å². The van der Waals surface area contributed by atoms with E-state index in [2.05, 4.69) is 37.4 Å². The summed E-state index contributed by atoms with van der Waals surface area (Å²) in [6.07, 6.45) is 5.23. The highest BCUT2D eigenvalue weighted by molar-refractivity contribution is 7.14. The third-order valence-electron chi connectivity index (χ3n) is 3.68. The average Bonchev–Trinajstić information content (AvgIpc) is 2.82. The fourth-order valence-corrected chi connectivity index (χ4v) is 3.51. The zero-order valence-corrected chi connectivity index (χ0v) is 12.8. The van der Waals surface area contributed by atoms with Gasteiger partial charge in [-0.25, -0.2) is 5.43 Å². The third kappa shape index (κ3) is 3.44. The zero-order chi connectivity index (χ0) is 13.8. The van der Waals surface area contributed by atoms with E-state index in [1.165, 1.54) is 16.9 Å². The smallest absolute Gasteiger partial charge is 0.266 e. The average molecular weight is 278 g/mol. The van der Waals surface area contributed by atoms with Crippen molar-refractivity contribution in [2.45, 2.75) is 52.9 Å². The lowest BCUT2D eigenvalue weighted by Gasteiger charge is -2.16. The maximum absolute atomic E-state index is 12.1. The van der Waals surface area contributed by atoms with Crippen molar-refractivity contribution < 1.29 is 4.79 Å². The molecule has 1 aliphatic carbocycles. The topological polar surface area (TPSA) is 41.5 Å². The lowest BCUT2D eigenvalue weighted by molar-refractivity contribution is 0.0958. The molecule has 3 nitrogen and oxygen atoms in total. The lowest BCUT2D eigenvalue weighted by Crippen LogP contribution is -2.18. The number of amides is 1. The van der Waals surface area contributed by atoms with Crippen LogP contribution in [0.3, 0.4) is 0 Å². The van der Waals surface area contributed by atoms with Crippen LogP contribution in [0.25, 0.3) is 0 Å². The van der Waals surface area contributed by atoms with Crippen molar-refractivity contribution in [3.8, 4) is 0 Å². The molecule has 0 saturated heterocycles. The third-order valence-corrected chi connectivity index (χ3v) is 4.92. The summed E-state index contributed by atoms with van der Waals surface area (Å²) >= 11 is 1.63. The summed E-state index contributed by atoms with van der Waals surface area (Å²) in [5.74, 6) is 0.675. The molecule has 0 radical (unpaired) electrons. The van der Waals surface area contributed by atoms with Crippen molar-refractivity contribution >= 4 is 23.0 Å². The molecule has 2 rings (SSSR count). The first kappa shape index (κ1) is 14.3. The van der Waals surface area contributed by atoms with Gasteiger partial charge in [0.05, 0.1) is 4.88 Å². The molecule has 0 aliphatic heterocycles. The second-order valence-corrected chi connectivity index (χ2v) is 6.37. The van der Waals surface area contributed by atoms with Gasteiger partial charge < -0.3 is 0 Å². The van der Waals surface area contributed by atoms with E-state index in [1.807, 2.05) is 0 Å². The zero-order valence-electron chi connectivity index (χ0n) is 12.0. The van der Waals surface area contributed by atoms with Crippen LogP contribution in [0, 0.1) is 5.92 Å². The van der Waals surface area contributed by atoms with E-state index in [9.17, 15) is 4.79 Å². The molecule has 0 unspecified atom stereocenters. The van der Waals surface area contributed by atoms with Crippen LogP contribution in [0.15, 0.2) is 11.2 Å². The minimum atomic E-state index is -0.0635. The molecule has 0 spiro atoms. The number of thiophene rings is 1. The van der Waals surface area contributed by atoms with Gasteiger partial charge in [0.25, 0.3) is 5.91 Å². The van der Waals surface area contributed by atoms with Crippen molar-refractivity contribution in [2.24, 2.45) is 11.0 Å². The van der Waals surface area contributed by atoms with E-state index in [0.29, 0.717) is 0 Å². The number of hydrazone groups is 1. The molecule has 4 heteroatoms. The van der Waals surface area contributed by atoms with Crippen molar-refractivity contribution in [1.29, 1.82) is 0 Å². The van der Waals surface area contributed by atoms with Crippen LogP contribution in [0.2, 0.25) is 0 Å². The molecule has 1 amide bonds. The fourth-order valence-electron chi connectivity index (χ4n) is 2.41. The Bertz CT molecular complexity index is 484. The van der Waals surface area contributed by atoms with Gasteiger partial charge in [0, 0.05) is 10.6 Å². The number of nitrogens with one attached hydrogen (secondary N) is 1. The molecule has 1 aromatic heterocycles. The highest BCUT2D eigenvalue weighted by Gasteiger charge is 2.20. The van der Waals surface area contributed by atoms with E-state index >= 15 is 0 Å². The minimum absolute atomic E-state index is 0.0635. The van der Waals surface area contributed by atoms with Gasteiger partial charge in [0.1, 0.15) is 0 Å². The number of rotatable bonds is 4. The Morgan fingerprint density at radius 3 is 2.89 bits per heavy atom. The van der Waals surface area contributed by atoms with Crippen molar-refractivity contribution in [3.05, 3.63) is 21.4 Å². The quantitative estimate of drug-likeness (QED) is 0.661. The van der Waals surface area contributed by atoms with Crippen LogP contribution in [0.4, 0.5) is 0 Å². The summed E-state index contributed by atoms with van der Waals surface area (Å²) in [6, 6.07) is 2.05. The van der Waals surface area contributed by atoms with Gasteiger partial charge >= 0.3 is 0 Å². The number of hydrogen-bond acceptors (Lipinski definition) is 3. The van der Waals surface area contributed by atoms with Crippen molar-refractivity contribution in [2.75, 3.05) is 0 Å². The lowest BCUT2D eigenvalue weighted by atomic mass is 9.90. The predicted molar refractivity (Wildman–Crippen MR) is 81.0 cm³/mol. The molecule has 0 aromatic carbocycles. The molecule has 1 aromatic rings. The van der Waals surface area contributed by atoms with Gasteiger partial charge in [0.2, 0.25) is 0 Å². The molecule has 104 valence electrons. The number of carbonyl (C=O) groups excluding carboxylic acids is 1. The molecule has 1 aliphatic rings. The van der Waals surface area contributed by atoms with Gasteiger partial charge in [-0.05, 0) is 49.7 Å². The van der Waals surface area contributed by atoms with E-state index in [0.717, 1.165) is 42.2 Å². The maximum atomic E-state index is 12.1. The first-order valence-electron chi connectivity index (χ1n) is 7.11. The second kappa shape index (κ2) is 6.33. The summed E-state index contributed by atoms with van der Waals surface area (Å²) in [6.45, 7) is 6.39. The maximum Gasteiger partial charge on any atom is 0.281 e. The van der Waals surface area contributed by atoms with Crippen LogP contribution < -0.4 is 5.43 Å². The van der Waals surface area contributed by atoms with Crippen LogP contribution in [-0.4, -0.2) is 11.6 Å². The van der Waals surface area contributed by atoms with Gasteiger partial charge in [-0.2, -0.15) is 5.10 Å². The Morgan fingerprint density at radius 1 is 1.47 bits per heavy atom. The van der Waals surface area contributed by atoms with Gasteiger partial charge in [0.15, 0.2) is 0 Å². The molecular weight excluding hydrogens is 256 g/mol. The molecular formula is C15H22N2OS. The van der Waals surface area contributed by atoms with Gasteiger partial charge in [-0.15, -0.1) is 11.3 Å². The normalized spacial score (nSPS) is 17.7. The first-order chi connectivity index (χ1) is 9.13. The molecule has 1 atom stereocenters. The Labute approximate surface area is 119 Å². The van der Waals surface area contributed by atoms with E-state index in [4.69, 9.17) is 0 Å². The SMILES string of the molecule is CCC(CC)=NNC(=O)c1cc2c(s1)CC[C@@H](C)C2. The molecule has 0 bridgehead atoms. The Morgan fingerprint density at radius 2 is 2.21 bits per heavy atom. The first-order valence-corrected chi connectivity index (χ1v) is 7.93. The standard InChI is InChI=1S/C15H22N2OS/c1-4-12(5-2)16-17-15(18)14-9-11-8-10(3)6-7-13(11)19-14/h9-10H,4-8H2,1-3H3,(H,17,18)/t10-/m1/s1. The number of aryl methyl sites for hydroxylation is 1. The molecule has 0 saturated carbocycles. The number of carbonyl (C=O) groups is 1. The minimum Gasteiger partial charge on any atom is -0.266 e. The molecule has 0 fully saturated rings. The number of fused-ring (bicyclic) bond motifs is 1. The second-order valence-electron chi connectivity index (χ2n) is 5.23. The Hall–Kier alpha value is -1.16.